The van der Waals surface area contributed by atoms with Gasteiger partial charge in [0.2, 0.25) is 11.5 Å². The first-order chi connectivity index (χ1) is 13.9. The number of carbonyl (C=O) groups is 1. The van der Waals surface area contributed by atoms with Crippen molar-refractivity contribution in [2.75, 3.05) is 14.2 Å². The average Bonchev–Trinajstić information content (AvgIpc) is 3.22. The fourth-order valence-electron chi connectivity index (χ4n) is 4.67. The Morgan fingerprint density at radius 3 is 2.55 bits per heavy atom. The van der Waals surface area contributed by atoms with Crippen molar-refractivity contribution in [3.8, 4) is 0 Å². The van der Waals surface area contributed by atoms with Gasteiger partial charge >= 0.3 is 0 Å². The highest BCUT2D eigenvalue weighted by Gasteiger charge is 2.45. The number of hydrogen-bond donors (Lipinski definition) is 1. The van der Waals surface area contributed by atoms with Gasteiger partial charge in [0.15, 0.2) is 5.71 Å². The first kappa shape index (κ1) is 17.7. The number of rotatable bonds is 3. The Morgan fingerprint density at radius 1 is 1.07 bits per heavy atom. The molecule has 0 spiro atoms. The maximum absolute atomic E-state index is 13.2. The van der Waals surface area contributed by atoms with Crippen LogP contribution in [0.1, 0.15) is 25.0 Å². The van der Waals surface area contributed by atoms with Crippen LogP contribution in [0.15, 0.2) is 72.1 Å². The number of allylic oxidation sites excluding steroid dienone is 3. The van der Waals surface area contributed by atoms with E-state index in [0.717, 1.165) is 22.2 Å². The first-order valence-electron chi connectivity index (χ1n) is 9.77. The number of ketones is 1. The van der Waals surface area contributed by atoms with E-state index in [9.17, 15) is 4.79 Å². The molecule has 2 heterocycles. The van der Waals surface area contributed by atoms with E-state index in [1.54, 1.807) is 7.11 Å². The highest BCUT2D eigenvalue weighted by molar-refractivity contribution is 6.41. The van der Waals surface area contributed by atoms with Crippen molar-refractivity contribution >= 4 is 33.7 Å². The van der Waals surface area contributed by atoms with Crippen LogP contribution in [0, 0.1) is 0 Å². The van der Waals surface area contributed by atoms with E-state index in [4.69, 9.17) is 4.74 Å². The van der Waals surface area contributed by atoms with Gasteiger partial charge in [-0.25, -0.2) is 0 Å². The number of H-pyrrole nitrogens is 1. The third-order valence-corrected chi connectivity index (χ3v) is 6.23. The van der Waals surface area contributed by atoms with Crippen molar-refractivity contribution in [1.82, 2.24) is 4.98 Å². The number of methoxy groups -OCH3 is 1. The molecule has 1 aromatic heterocycles. The van der Waals surface area contributed by atoms with Crippen LogP contribution in [-0.4, -0.2) is 35.2 Å². The van der Waals surface area contributed by atoms with Crippen molar-refractivity contribution in [3.05, 3.63) is 83.3 Å². The van der Waals surface area contributed by atoms with E-state index in [-0.39, 0.29) is 11.2 Å². The maximum atomic E-state index is 13.2. The standard InChI is InChI=1S/C25H22N2O2/c1-25(2)18-10-6-8-12-20(18)27(3)21(25)13-16-23(28)22(24(16)29-4)17-14-26-19-11-7-5-9-15(17)19/h5-14H,1-4H3/p+1. The average molecular weight is 383 g/mol. The molecule has 2 aromatic carbocycles. The minimum Gasteiger partial charge on any atom is -0.495 e. The highest BCUT2D eigenvalue weighted by atomic mass is 16.5. The number of para-hydroxylation sites is 2. The van der Waals surface area contributed by atoms with Gasteiger partial charge in [-0.3, -0.25) is 4.79 Å². The van der Waals surface area contributed by atoms with Gasteiger partial charge in [0.25, 0.3) is 0 Å². The summed E-state index contributed by atoms with van der Waals surface area (Å²) >= 11 is 0. The van der Waals surface area contributed by atoms with Crippen LogP contribution in [0.5, 0.6) is 0 Å². The third kappa shape index (κ3) is 2.32. The van der Waals surface area contributed by atoms with Crippen molar-refractivity contribution in [2.45, 2.75) is 19.3 Å². The number of aromatic nitrogens is 1. The Hall–Kier alpha value is -3.40. The minimum absolute atomic E-state index is 0.0271. The molecule has 1 aliphatic heterocycles. The van der Waals surface area contributed by atoms with Crippen LogP contribution in [0.3, 0.4) is 0 Å². The molecule has 144 valence electrons. The van der Waals surface area contributed by atoms with Crippen LogP contribution < -0.4 is 0 Å². The molecule has 2 aliphatic rings. The molecule has 0 atom stereocenters. The molecule has 0 radical (unpaired) electrons. The molecular weight excluding hydrogens is 360 g/mol. The number of Topliss-reactive ketones (excluding diaryl/α,β-unsaturated/α-hetero) is 1. The molecule has 3 aromatic rings. The maximum Gasteiger partial charge on any atom is 0.209 e. The van der Waals surface area contributed by atoms with Gasteiger partial charge in [-0.15, -0.1) is 0 Å². The lowest BCUT2D eigenvalue weighted by molar-refractivity contribution is -0.401. The lowest BCUT2D eigenvalue weighted by Crippen LogP contribution is -2.30. The predicted molar refractivity (Wildman–Crippen MR) is 116 cm³/mol. The smallest absolute Gasteiger partial charge is 0.209 e. The Labute approximate surface area is 169 Å². The predicted octanol–water partition coefficient (Wildman–Crippen LogP) is 4.74. The largest absolute Gasteiger partial charge is 0.495 e. The van der Waals surface area contributed by atoms with Gasteiger partial charge in [0, 0.05) is 40.4 Å². The van der Waals surface area contributed by atoms with Gasteiger partial charge in [-0.1, -0.05) is 36.4 Å². The van der Waals surface area contributed by atoms with Crippen molar-refractivity contribution in [1.29, 1.82) is 0 Å². The fraction of sp³-hybridized carbons (Fsp3) is 0.200. The molecule has 0 saturated heterocycles. The summed E-state index contributed by atoms with van der Waals surface area (Å²) in [6.07, 6.45) is 3.89. The van der Waals surface area contributed by atoms with Gasteiger partial charge in [0.1, 0.15) is 12.8 Å². The monoisotopic (exact) mass is 383 g/mol. The normalized spacial score (nSPS) is 19.2. The number of aromatic amines is 1. The molecule has 1 aliphatic carbocycles. The van der Waals surface area contributed by atoms with Crippen molar-refractivity contribution in [3.63, 3.8) is 0 Å². The van der Waals surface area contributed by atoms with Crippen LogP contribution in [-0.2, 0) is 14.9 Å². The Balaban J connectivity index is 1.64. The third-order valence-electron chi connectivity index (χ3n) is 6.23. The van der Waals surface area contributed by atoms with E-state index in [1.807, 2.05) is 42.6 Å². The zero-order valence-corrected chi connectivity index (χ0v) is 17.0. The summed E-state index contributed by atoms with van der Waals surface area (Å²) in [5.41, 5.74) is 6.53. The second kappa shape index (κ2) is 6.05. The minimum atomic E-state index is -0.186. The molecule has 29 heavy (non-hydrogen) atoms. The molecule has 4 nitrogen and oxygen atoms in total. The van der Waals surface area contributed by atoms with E-state index in [2.05, 4.69) is 48.7 Å². The lowest BCUT2D eigenvalue weighted by atomic mass is 9.77. The number of nitrogens with zero attached hydrogens (tertiary/aromatic N) is 1. The van der Waals surface area contributed by atoms with E-state index >= 15 is 0 Å². The summed E-state index contributed by atoms with van der Waals surface area (Å²) < 4.78 is 7.86. The summed E-state index contributed by atoms with van der Waals surface area (Å²) in [4.78, 5) is 16.4. The summed E-state index contributed by atoms with van der Waals surface area (Å²) in [5.74, 6) is 0.687. The summed E-state index contributed by atoms with van der Waals surface area (Å²) in [5, 5.41) is 1.03. The van der Waals surface area contributed by atoms with Crippen molar-refractivity contribution in [2.24, 2.45) is 0 Å². The van der Waals surface area contributed by atoms with Crippen LogP contribution in [0.4, 0.5) is 5.69 Å². The number of carbonyl (C=O) groups excluding carboxylic acids is 1. The topological polar surface area (TPSA) is 45.1 Å². The van der Waals surface area contributed by atoms with Gasteiger partial charge in [-0.05, 0) is 19.9 Å². The fourth-order valence-corrected chi connectivity index (χ4v) is 4.67. The first-order valence-corrected chi connectivity index (χ1v) is 9.77. The van der Waals surface area contributed by atoms with E-state index in [0.29, 0.717) is 16.9 Å². The van der Waals surface area contributed by atoms with Crippen molar-refractivity contribution < 1.29 is 14.1 Å². The molecule has 0 fully saturated rings. The Kier molecular flexibility index (Phi) is 3.69. The highest BCUT2D eigenvalue weighted by Crippen LogP contribution is 2.44. The number of hydrogen-bond acceptors (Lipinski definition) is 2. The molecule has 0 bridgehead atoms. The number of nitrogens with one attached hydrogen (secondary N) is 1. The summed E-state index contributed by atoms with van der Waals surface area (Å²) in [6.45, 7) is 4.39. The summed E-state index contributed by atoms with van der Waals surface area (Å²) in [7, 11) is 3.69. The second-order valence-electron chi connectivity index (χ2n) is 8.13. The van der Waals surface area contributed by atoms with E-state index < -0.39 is 0 Å². The number of benzene rings is 2. The lowest BCUT2D eigenvalue weighted by Gasteiger charge is -2.25. The molecule has 0 unspecified atom stereocenters. The number of ether oxygens (including phenoxy) is 1. The zero-order chi connectivity index (χ0) is 20.3. The van der Waals surface area contributed by atoms with Crippen LogP contribution >= 0.6 is 0 Å². The molecule has 4 heteroatoms. The molecule has 5 rings (SSSR count). The SMILES string of the molecule is COC1=C(c2c[nH]c3ccccc23)C(=O)/C1=C\C1=[N+](C)c2ccccc2C1(C)C. The van der Waals surface area contributed by atoms with Gasteiger partial charge in [0.05, 0.1) is 23.7 Å². The Morgan fingerprint density at radius 2 is 1.79 bits per heavy atom. The second-order valence-corrected chi connectivity index (χ2v) is 8.13. The molecular formula is C25H23N2O2+. The summed E-state index contributed by atoms with van der Waals surface area (Å²) in [6, 6.07) is 16.4. The molecule has 0 saturated carbocycles. The molecule has 1 N–H and O–H groups in total. The molecule has 0 amide bonds. The zero-order valence-electron chi connectivity index (χ0n) is 17.0. The van der Waals surface area contributed by atoms with Gasteiger partial charge in [-0.2, -0.15) is 4.58 Å². The van der Waals surface area contributed by atoms with E-state index in [1.165, 1.54) is 11.3 Å². The quantitative estimate of drug-likeness (QED) is 0.524. The van der Waals surface area contributed by atoms with Gasteiger partial charge < -0.3 is 9.72 Å². The number of fused-ring (bicyclic) bond motifs is 2. The van der Waals surface area contributed by atoms with Crippen LogP contribution in [0.25, 0.3) is 16.5 Å². The van der Waals surface area contributed by atoms with Crippen LogP contribution in [0.2, 0.25) is 0 Å². The Bertz CT molecular complexity index is 1280.